The molecule has 7 nitrogen and oxygen atoms in total. The van der Waals surface area contributed by atoms with E-state index in [2.05, 4.69) is 4.98 Å². The molecule has 0 saturated carbocycles. The van der Waals surface area contributed by atoms with Gasteiger partial charge in [-0.15, -0.1) is 0 Å². The molecule has 196 valence electrons. The van der Waals surface area contributed by atoms with Crippen LogP contribution in [0.4, 0.5) is 13.2 Å². The Morgan fingerprint density at radius 1 is 1.14 bits per heavy atom. The number of aromatic nitrogens is 2. The first kappa shape index (κ1) is 26.9. The van der Waals surface area contributed by atoms with E-state index in [4.69, 9.17) is 9.47 Å². The zero-order chi connectivity index (χ0) is 25.8. The number of fused-ring (bicyclic) bond motifs is 1. The molecule has 0 unspecified atom stereocenters. The van der Waals surface area contributed by atoms with Crippen molar-refractivity contribution in [2.45, 2.75) is 41.9 Å². The smallest absolute Gasteiger partial charge is 0.382 e. The van der Waals surface area contributed by atoms with Crippen molar-refractivity contribution in [2.24, 2.45) is 0 Å². The minimum absolute atomic E-state index is 0.158. The van der Waals surface area contributed by atoms with Crippen LogP contribution in [0.1, 0.15) is 24.5 Å². The van der Waals surface area contributed by atoms with Crippen LogP contribution in [0.15, 0.2) is 52.5 Å². The topological polar surface area (TPSA) is 73.7 Å². The molecule has 1 saturated heterocycles. The normalized spacial score (nSPS) is 15.6. The molecule has 0 amide bonds. The maximum Gasteiger partial charge on any atom is 0.416 e. The Balaban J connectivity index is 1.62. The zero-order valence-corrected chi connectivity index (χ0v) is 21.5. The number of hydrogen-bond acceptors (Lipinski definition) is 6. The third kappa shape index (κ3) is 6.23. The highest BCUT2D eigenvalue weighted by Gasteiger charge is 2.30. The molecule has 3 aromatic rings. The number of imidazole rings is 1. The molecular weight excluding hydrogens is 515 g/mol. The zero-order valence-electron chi connectivity index (χ0n) is 19.8. The Morgan fingerprint density at radius 2 is 1.92 bits per heavy atom. The molecule has 36 heavy (non-hydrogen) atoms. The molecule has 2 aromatic carbocycles. The van der Waals surface area contributed by atoms with Crippen molar-refractivity contribution < 1.29 is 31.1 Å². The van der Waals surface area contributed by atoms with Crippen molar-refractivity contribution in [3.8, 4) is 0 Å². The molecule has 1 fully saturated rings. The Bertz CT molecular complexity index is 1290. The van der Waals surface area contributed by atoms with Crippen LogP contribution in [0.25, 0.3) is 11.0 Å². The van der Waals surface area contributed by atoms with Gasteiger partial charge in [0, 0.05) is 38.6 Å². The van der Waals surface area contributed by atoms with E-state index in [1.54, 1.807) is 24.3 Å². The van der Waals surface area contributed by atoms with Gasteiger partial charge >= 0.3 is 6.18 Å². The van der Waals surface area contributed by atoms with Crippen LogP contribution in [-0.2, 0) is 38.0 Å². The summed E-state index contributed by atoms with van der Waals surface area (Å²) >= 11 is 1.32. The summed E-state index contributed by atoms with van der Waals surface area (Å²) in [4.78, 5) is 4.83. The van der Waals surface area contributed by atoms with Crippen molar-refractivity contribution in [3.63, 3.8) is 0 Å². The number of alkyl halides is 3. The van der Waals surface area contributed by atoms with Gasteiger partial charge in [-0.25, -0.2) is 13.4 Å². The van der Waals surface area contributed by atoms with Crippen LogP contribution < -0.4 is 0 Å². The lowest BCUT2D eigenvalue weighted by Crippen LogP contribution is -2.40. The van der Waals surface area contributed by atoms with E-state index >= 15 is 0 Å². The van der Waals surface area contributed by atoms with Crippen LogP contribution in [0.2, 0.25) is 0 Å². The second-order valence-corrected chi connectivity index (χ2v) is 11.1. The highest BCUT2D eigenvalue weighted by atomic mass is 32.2. The van der Waals surface area contributed by atoms with Gasteiger partial charge in [0.15, 0.2) is 5.16 Å². The standard InChI is InChI=1S/C24H28F3N3O4S2/c1-2-33-12-4-9-30-22-8-7-20(36(31,32)29-10-13-34-14-11-29)16-21(22)28-23(30)35-17-18-5-3-6-19(15-18)24(25,26)27/h3,5-8,15-16H,2,4,9-14,17H2,1H3. The number of thioether (sulfide) groups is 1. The number of sulfonamides is 1. The van der Waals surface area contributed by atoms with Crippen LogP contribution in [-0.4, -0.2) is 61.8 Å². The summed E-state index contributed by atoms with van der Waals surface area (Å²) in [6.45, 7) is 4.95. The van der Waals surface area contributed by atoms with Crippen molar-refractivity contribution in [3.05, 3.63) is 53.6 Å². The number of morpholine rings is 1. The largest absolute Gasteiger partial charge is 0.416 e. The second kappa shape index (κ2) is 11.5. The molecule has 1 aliphatic heterocycles. The Labute approximate surface area is 212 Å². The molecule has 0 N–H and O–H groups in total. The maximum absolute atomic E-state index is 13.1. The summed E-state index contributed by atoms with van der Waals surface area (Å²) in [7, 11) is -3.68. The molecule has 0 bridgehead atoms. The van der Waals surface area contributed by atoms with E-state index in [9.17, 15) is 21.6 Å². The molecule has 4 rings (SSSR count). The summed E-state index contributed by atoms with van der Waals surface area (Å²) in [6.07, 6.45) is -3.69. The number of halogens is 3. The monoisotopic (exact) mass is 543 g/mol. The minimum Gasteiger partial charge on any atom is -0.382 e. The summed E-state index contributed by atoms with van der Waals surface area (Å²) in [5, 5.41) is 0.611. The number of aryl methyl sites for hydroxylation is 1. The predicted molar refractivity (Wildman–Crippen MR) is 131 cm³/mol. The van der Waals surface area contributed by atoms with Gasteiger partial charge in [-0.2, -0.15) is 17.5 Å². The predicted octanol–water partition coefficient (Wildman–Crippen LogP) is 4.79. The van der Waals surface area contributed by atoms with Crippen LogP contribution in [0, 0.1) is 0 Å². The van der Waals surface area contributed by atoms with Crippen molar-refractivity contribution in [1.29, 1.82) is 0 Å². The van der Waals surface area contributed by atoms with Gasteiger partial charge in [0.2, 0.25) is 10.0 Å². The lowest BCUT2D eigenvalue weighted by Gasteiger charge is -2.26. The van der Waals surface area contributed by atoms with Gasteiger partial charge in [0.1, 0.15) is 0 Å². The Morgan fingerprint density at radius 3 is 2.64 bits per heavy atom. The van der Waals surface area contributed by atoms with Crippen LogP contribution in [0.3, 0.4) is 0 Å². The van der Waals surface area contributed by atoms with Gasteiger partial charge in [0.25, 0.3) is 0 Å². The van der Waals surface area contributed by atoms with Crippen molar-refractivity contribution in [2.75, 3.05) is 39.5 Å². The average Bonchev–Trinajstić information content (AvgIpc) is 3.22. The van der Waals surface area contributed by atoms with Gasteiger partial charge in [-0.3, -0.25) is 0 Å². The summed E-state index contributed by atoms with van der Waals surface area (Å²) < 4.78 is 79.6. The number of benzene rings is 2. The SMILES string of the molecule is CCOCCCn1c(SCc2cccc(C(F)(F)F)c2)nc2cc(S(=O)(=O)N3CCOCC3)ccc21. The molecule has 0 aliphatic carbocycles. The van der Waals surface area contributed by atoms with Crippen LogP contribution in [0.5, 0.6) is 0 Å². The van der Waals surface area contributed by atoms with Gasteiger partial charge in [-0.1, -0.05) is 30.0 Å². The number of rotatable bonds is 10. The molecule has 0 atom stereocenters. The number of nitrogens with zero attached hydrogens (tertiary/aromatic N) is 3. The lowest BCUT2D eigenvalue weighted by molar-refractivity contribution is -0.137. The fourth-order valence-electron chi connectivity index (χ4n) is 3.96. The summed E-state index contributed by atoms with van der Waals surface area (Å²) in [5.41, 5.74) is 1.12. The van der Waals surface area contributed by atoms with E-state index < -0.39 is 21.8 Å². The number of hydrogen-bond donors (Lipinski definition) is 0. The number of ether oxygens (including phenoxy) is 2. The molecule has 2 heterocycles. The Hall–Kier alpha value is -2.12. The lowest BCUT2D eigenvalue weighted by atomic mass is 10.1. The van der Waals surface area contributed by atoms with Crippen molar-refractivity contribution >= 4 is 32.8 Å². The minimum atomic E-state index is -4.41. The molecule has 1 aliphatic rings. The third-order valence-electron chi connectivity index (χ3n) is 5.79. The quantitative estimate of drug-likeness (QED) is 0.270. The molecule has 12 heteroatoms. The summed E-state index contributed by atoms with van der Waals surface area (Å²) in [6, 6.07) is 10.1. The maximum atomic E-state index is 13.1. The average molecular weight is 544 g/mol. The molecule has 0 radical (unpaired) electrons. The van der Waals surface area contributed by atoms with Crippen LogP contribution >= 0.6 is 11.8 Å². The van der Waals surface area contributed by atoms with E-state index in [0.29, 0.717) is 68.7 Å². The van der Waals surface area contributed by atoms with Crippen molar-refractivity contribution in [1.82, 2.24) is 13.9 Å². The first-order valence-electron chi connectivity index (χ1n) is 11.6. The van der Waals surface area contributed by atoms with E-state index in [1.807, 2.05) is 11.5 Å². The van der Waals surface area contributed by atoms with E-state index in [1.165, 1.54) is 22.1 Å². The first-order chi connectivity index (χ1) is 17.2. The highest BCUT2D eigenvalue weighted by molar-refractivity contribution is 7.98. The Kier molecular flexibility index (Phi) is 8.61. The second-order valence-electron chi connectivity index (χ2n) is 8.25. The fourth-order valence-corrected chi connectivity index (χ4v) is 6.38. The van der Waals surface area contributed by atoms with E-state index in [0.717, 1.165) is 17.6 Å². The van der Waals surface area contributed by atoms with E-state index in [-0.39, 0.29) is 10.6 Å². The highest BCUT2D eigenvalue weighted by Crippen LogP contribution is 2.33. The van der Waals surface area contributed by atoms with Gasteiger partial charge in [-0.05, 0) is 43.2 Å². The first-order valence-corrected chi connectivity index (χ1v) is 14.1. The molecule has 1 aromatic heterocycles. The molecular formula is C24H28F3N3O4S2. The third-order valence-corrected chi connectivity index (χ3v) is 8.73. The van der Waals surface area contributed by atoms with Gasteiger partial charge < -0.3 is 14.0 Å². The summed E-state index contributed by atoms with van der Waals surface area (Å²) in [5.74, 6) is 0.289. The fraction of sp³-hybridized carbons (Fsp3) is 0.458. The molecule has 0 spiro atoms. The van der Waals surface area contributed by atoms with Gasteiger partial charge in [0.05, 0.1) is 34.7 Å².